The van der Waals surface area contributed by atoms with E-state index in [1.807, 2.05) is 30.3 Å². The first kappa shape index (κ1) is 19.4. The van der Waals surface area contributed by atoms with Gasteiger partial charge in [0.15, 0.2) is 11.0 Å². The topological polar surface area (TPSA) is 57.6 Å². The molecule has 1 unspecified atom stereocenters. The van der Waals surface area contributed by atoms with Gasteiger partial charge in [-0.25, -0.2) is 9.00 Å². The van der Waals surface area contributed by atoms with Gasteiger partial charge in [-0.2, -0.15) is 0 Å². The van der Waals surface area contributed by atoms with Crippen LogP contribution in [0.5, 0.6) is 0 Å². The number of benzene rings is 3. The molecule has 0 aromatic heterocycles. The van der Waals surface area contributed by atoms with Crippen LogP contribution in [0.3, 0.4) is 0 Å². The molecule has 0 saturated heterocycles. The first-order valence-corrected chi connectivity index (χ1v) is 9.84. The van der Waals surface area contributed by atoms with E-state index in [1.165, 1.54) is 18.2 Å². The van der Waals surface area contributed by atoms with Crippen LogP contribution in [0.2, 0.25) is 10.0 Å². The van der Waals surface area contributed by atoms with Crippen molar-refractivity contribution in [3.63, 3.8) is 0 Å². The van der Waals surface area contributed by atoms with Gasteiger partial charge in [-0.1, -0.05) is 65.7 Å². The van der Waals surface area contributed by atoms with Crippen LogP contribution < -0.4 is 4.31 Å². The Bertz CT molecular complexity index is 996. The second-order valence-corrected chi connectivity index (χ2v) is 7.87. The SMILES string of the molecule is O=C(O)c1ccc(Cl)c(S(=O)N(Cc2ccccc2)c2ccccc2Cl)c1. The van der Waals surface area contributed by atoms with Crippen molar-refractivity contribution in [3.8, 4) is 0 Å². The number of anilines is 1. The zero-order valence-electron chi connectivity index (χ0n) is 14.0. The molecule has 0 aliphatic heterocycles. The molecule has 4 nitrogen and oxygen atoms in total. The molecule has 0 radical (unpaired) electrons. The molecule has 3 rings (SSSR count). The van der Waals surface area contributed by atoms with Gasteiger partial charge in [0.2, 0.25) is 0 Å². The summed E-state index contributed by atoms with van der Waals surface area (Å²) in [5, 5.41) is 9.90. The largest absolute Gasteiger partial charge is 0.478 e. The number of rotatable bonds is 6. The number of hydrogen-bond donors (Lipinski definition) is 1. The lowest BCUT2D eigenvalue weighted by molar-refractivity contribution is 0.0696. The summed E-state index contributed by atoms with van der Waals surface area (Å²) in [6, 6.07) is 20.7. The van der Waals surface area contributed by atoms with E-state index in [0.29, 0.717) is 17.3 Å². The number of aromatic carboxylic acids is 1. The Labute approximate surface area is 169 Å². The van der Waals surface area contributed by atoms with Crippen molar-refractivity contribution >= 4 is 45.8 Å². The molecule has 0 spiro atoms. The molecule has 0 fully saturated rings. The van der Waals surface area contributed by atoms with E-state index in [0.717, 1.165) is 5.56 Å². The average molecular weight is 420 g/mol. The molecule has 0 bridgehead atoms. The normalized spacial score (nSPS) is 11.8. The third kappa shape index (κ3) is 4.50. The first-order chi connectivity index (χ1) is 13.0. The Balaban J connectivity index is 2.08. The number of carbonyl (C=O) groups is 1. The second-order valence-electron chi connectivity index (χ2n) is 5.67. The smallest absolute Gasteiger partial charge is 0.335 e. The predicted octanol–water partition coefficient (Wildman–Crippen LogP) is 5.42. The second kappa shape index (κ2) is 8.57. The molecular formula is C20H15Cl2NO3S. The molecule has 0 saturated carbocycles. The Morgan fingerprint density at radius 1 is 0.926 bits per heavy atom. The summed E-state index contributed by atoms with van der Waals surface area (Å²) < 4.78 is 15.0. The van der Waals surface area contributed by atoms with Crippen molar-refractivity contribution < 1.29 is 14.1 Å². The van der Waals surface area contributed by atoms with E-state index in [1.54, 1.807) is 28.6 Å². The van der Waals surface area contributed by atoms with Crippen molar-refractivity contribution in [2.45, 2.75) is 11.4 Å². The van der Waals surface area contributed by atoms with Crippen LogP contribution >= 0.6 is 23.2 Å². The lowest BCUT2D eigenvalue weighted by Gasteiger charge is -2.25. The molecule has 0 amide bonds. The van der Waals surface area contributed by atoms with Crippen molar-refractivity contribution in [1.29, 1.82) is 0 Å². The third-order valence-corrected chi connectivity index (χ3v) is 6.06. The van der Waals surface area contributed by atoms with Gasteiger partial charge in [-0.05, 0) is 35.9 Å². The van der Waals surface area contributed by atoms with Crippen LogP contribution in [0.1, 0.15) is 15.9 Å². The Morgan fingerprint density at radius 2 is 1.59 bits per heavy atom. The minimum Gasteiger partial charge on any atom is -0.478 e. The lowest BCUT2D eigenvalue weighted by Crippen LogP contribution is -2.26. The van der Waals surface area contributed by atoms with Crippen LogP contribution in [0.25, 0.3) is 0 Å². The molecule has 3 aromatic carbocycles. The van der Waals surface area contributed by atoms with E-state index in [4.69, 9.17) is 23.2 Å². The molecule has 1 atom stereocenters. The van der Waals surface area contributed by atoms with Gasteiger partial charge >= 0.3 is 5.97 Å². The maximum Gasteiger partial charge on any atom is 0.335 e. The fourth-order valence-electron chi connectivity index (χ4n) is 2.53. The molecule has 3 aromatic rings. The molecule has 0 aliphatic rings. The number of halogens is 2. The van der Waals surface area contributed by atoms with Crippen molar-refractivity contribution in [3.05, 3.63) is 94.0 Å². The number of nitrogens with zero attached hydrogens (tertiary/aromatic N) is 1. The van der Waals surface area contributed by atoms with Gasteiger partial charge < -0.3 is 5.11 Å². The van der Waals surface area contributed by atoms with Crippen LogP contribution in [-0.4, -0.2) is 15.3 Å². The minimum absolute atomic E-state index is 0.0153. The highest BCUT2D eigenvalue weighted by Gasteiger charge is 2.22. The van der Waals surface area contributed by atoms with E-state index < -0.39 is 17.0 Å². The van der Waals surface area contributed by atoms with Crippen molar-refractivity contribution in [2.75, 3.05) is 4.31 Å². The lowest BCUT2D eigenvalue weighted by atomic mass is 10.2. The number of para-hydroxylation sites is 1. The predicted molar refractivity (Wildman–Crippen MR) is 109 cm³/mol. The summed E-state index contributed by atoms with van der Waals surface area (Å²) in [5.41, 5.74) is 1.51. The van der Waals surface area contributed by atoms with Gasteiger partial charge in [0.1, 0.15) is 0 Å². The van der Waals surface area contributed by atoms with Gasteiger partial charge in [-0.3, -0.25) is 4.31 Å². The molecule has 27 heavy (non-hydrogen) atoms. The van der Waals surface area contributed by atoms with E-state index in [-0.39, 0.29) is 15.5 Å². The van der Waals surface area contributed by atoms with Gasteiger partial charge in [0.25, 0.3) is 0 Å². The molecule has 7 heteroatoms. The highest BCUT2D eigenvalue weighted by molar-refractivity contribution is 7.86. The monoisotopic (exact) mass is 419 g/mol. The standard InChI is InChI=1S/C20H15Cl2NO3S/c21-16-8-4-5-9-18(16)23(13-14-6-2-1-3-7-14)27(26)19-12-15(20(24)25)10-11-17(19)22/h1-12H,13H2,(H,24,25). The molecule has 138 valence electrons. The van der Waals surface area contributed by atoms with Crippen LogP contribution in [0.15, 0.2) is 77.7 Å². The minimum atomic E-state index is -1.77. The maximum absolute atomic E-state index is 13.4. The van der Waals surface area contributed by atoms with Gasteiger partial charge in [0, 0.05) is 0 Å². The molecular weight excluding hydrogens is 405 g/mol. The van der Waals surface area contributed by atoms with E-state index in [9.17, 15) is 14.1 Å². The number of hydrogen-bond acceptors (Lipinski definition) is 2. The molecule has 1 N–H and O–H groups in total. The summed E-state index contributed by atoms with van der Waals surface area (Å²) in [6.45, 7) is 0.310. The first-order valence-electron chi connectivity index (χ1n) is 7.98. The van der Waals surface area contributed by atoms with Crippen LogP contribution in [-0.2, 0) is 17.5 Å². The molecule has 0 heterocycles. The fourth-order valence-corrected chi connectivity index (χ4v) is 4.43. The summed E-state index contributed by atoms with van der Waals surface area (Å²) >= 11 is 12.6. The Morgan fingerprint density at radius 3 is 2.26 bits per heavy atom. The van der Waals surface area contributed by atoms with Crippen molar-refractivity contribution in [2.24, 2.45) is 0 Å². The average Bonchev–Trinajstić information content (AvgIpc) is 2.67. The summed E-state index contributed by atoms with van der Waals surface area (Å²) in [6.07, 6.45) is 0. The Hall–Kier alpha value is -2.34. The maximum atomic E-state index is 13.4. The van der Waals surface area contributed by atoms with Crippen LogP contribution in [0.4, 0.5) is 5.69 Å². The zero-order chi connectivity index (χ0) is 19.4. The summed E-state index contributed by atoms with van der Waals surface area (Å²) in [5.74, 6) is -1.11. The fraction of sp³-hybridized carbons (Fsp3) is 0.0500. The molecule has 0 aliphatic carbocycles. The number of carboxylic acid groups (broad SMARTS) is 1. The van der Waals surface area contributed by atoms with Crippen LogP contribution in [0, 0.1) is 0 Å². The van der Waals surface area contributed by atoms with Gasteiger partial charge in [-0.15, -0.1) is 0 Å². The third-order valence-electron chi connectivity index (χ3n) is 3.86. The van der Waals surface area contributed by atoms with E-state index >= 15 is 0 Å². The van der Waals surface area contributed by atoms with Gasteiger partial charge in [0.05, 0.1) is 32.7 Å². The highest BCUT2D eigenvalue weighted by atomic mass is 35.5. The zero-order valence-corrected chi connectivity index (χ0v) is 16.3. The van der Waals surface area contributed by atoms with E-state index in [2.05, 4.69) is 0 Å². The quantitative estimate of drug-likeness (QED) is 0.579. The summed E-state index contributed by atoms with van der Waals surface area (Å²) in [7, 11) is -1.77. The van der Waals surface area contributed by atoms with Crippen molar-refractivity contribution in [1.82, 2.24) is 0 Å². The number of carboxylic acids is 1. The highest BCUT2D eigenvalue weighted by Crippen LogP contribution is 2.32. The summed E-state index contributed by atoms with van der Waals surface area (Å²) in [4.78, 5) is 11.5. The Kier molecular flexibility index (Phi) is 6.16.